The maximum Gasteiger partial charge on any atom is 0.281 e. The molecule has 0 saturated carbocycles. The molecule has 3 heterocycles. The van der Waals surface area contributed by atoms with Crippen LogP contribution < -0.4 is 10.3 Å². The minimum Gasteiger partial charge on any atom is -0.496 e. The van der Waals surface area contributed by atoms with Crippen LogP contribution in [0.25, 0.3) is 11.2 Å². The summed E-state index contributed by atoms with van der Waals surface area (Å²) in [4.78, 5) is 35.3. The molecule has 174 valence electrons. The lowest BCUT2D eigenvalue weighted by atomic mass is 9.96. The van der Waals surface area contributed by atoms with Gasteiger partial charge in [0.05, 0.1) is 19.2 Å². The van der Waals surface area contributed by atoms with Crippen LogP contribution >= 0.6 is 11.6 Å². The average Bonchev–Trinajstić information content (AvgIpc) is 3.26. The Kier molecular flexibility index (Phi) is 6.02. The SMILES string of the molecule is COc1ccccc1C(=O)N1CCC[C@@H](c2nc3c(nnn3Cc3cccc(Cl)c3)c(=O)[nH]2)C1. The molecule has 5 rings (SSSR count). The third-order valence-corrected chi connectivity index (χ3v) is 6.28. The highest BCUT2D eigenvalue weighted by molar-refractivity contribution is 6.30. The highest BCUT2D eigenvalue weighted by Crippen LogP contribution is 2.28. The number of rotatable bonds is 5. The van der Waals surface area contributed by atoms with Crippen molar-refractivity contribution in [2.75, 3.05) is 20.2 Å². The van der Waals surface area contributed by atoms with Crippen LogP contribution in [-0.4, -0.2) is 56.0 Å². The van der Waals surface area contributed by atoms with E-state index >= 15 is 0 Å². The third-order valence-electron chi connectivity index (χ3n) is 6.05. The summed E-state index contributed by atoms with van der Waals surface area (Å²) in [6.07, 6.45) is 1.60. The maximum atomic E-state index is 13.2. The van der Waals surface area contributed by atoms with Crippen molar-refractivity contribution in [3.63, 3.8) is 0 Å². The first kappa shape index (κ1) is 22.1. The number of nitrogens with zero attached hydrogens (tertiary/aromatic N) is 5. The number of hydrogen-bond acceptors (Lipinski definition) is 6. The molecule has 0 unspecified atom stereocenters. The molecule has 1 aliphatic rings. The molecule has 1 atom stereocenters. The lowest BCUT2D eigenvalue weighted by Crippen LogP contribution is -2.40. The number of piperidine rings is 1. The normalized spacial score (nSPS) is 16.1. The highest BCUT2D eigenvalue weighted by Gasteiger charge is 2.29. The largest absolute Gasteiger partial charge is 0.496 e. The van der Waals surface area contributed by atoms with Gasteiger partial charge in [-0.2, -0.15) is 0 Å². The molecule has 1 amide bonds. The van der Waals surface area contributed by atoms with Crippen LogP contribution in [0, 0.1) is 0 Å². The summed E-state index contributed by atoms with van der Waals surface area (Å²) >= 11 is 6.10. The van der Waals surface area contributed by atoms with E-state index in [0.29, 0.717) is 47.4 Å². The minimum atomic E-state index is -0.342. The fourth-order valence-electron chi connectivity index (χ4n) is 4.37. The molecule has 34 heavy (non-hydrogen) atoms. The second-order valence-corrected chi connectivity index (χ2v) is 8.73. The topological polar surface area (TPSA) is 106 Å². The lowest BCUT2D eigenvalue weighted by Gasteiger charge is -2.32. The number of ether oxygens (including phenoxy) is 1. The van der Waals surface area contributed by atoms with E-state index in [0.717, 1.165) is 18.4 Å². The van der Waals surface area contributed by atoms with Crippen molar-refractivity contribution in [1.29, 1.82) is 0 Å². The molecular formula is C24H23ClN6O3. The molecule has 10 heteroatoms. The van der Waals surface area contributed by atoms with E-state index in [-0.39, 0.29) is 22.9 Å². The van der Waals surface area contributed by atoms with Crippen molar-refractivity contribution in [3.05, 3.63) is 80.9 Å². The smallest absolute Gasteiger partial charge is 0.281 e. The number of aromatic amines is 1. The summed E-state index contributed by atoms with van der Waals surface area (Å²) in [6, 6.07) is 14.6. The molecule has 0 aliphatic carbocycles. The average molecular weight is 479 g/mol. The Labute approximate surface area is 200 Å². The van der Waals surface area contributed by atoms with E-state index in [1.54, 1.807) is 34.9 Å². The van der Waals surface area contributed by atoms with Crippen molar-refractivity contribution in [1.82, 2.24) is 29.9 Å². The van der Waals surface area contributed by atoms with Crippen LogP contribution in [0.1, 0.15) is 40.5 Å². The second kappa shape index (κ2) is 9.26. The number of methoxy groups -OCH3 is 1. The van der Waals surface area contributed by atoms with E-state index in [1.807, 2.05) is 30.3 Å². The van der Waals surface area contributed by atoms with Crippen LogP contribution in [0.4, 0.5) is 0 Å². The molecule has 0 radical (unpaired) electrons. The molecule has 1 aliphatic heterocycles. The Bertz CT molecular complexity index is 1420. The fraction of sp³-hybridized carbons (Fsp3) is 0.292. The van der Waals surface area contributed by atoms with Crippen molar-refractivity contribution in [2.45, 2.75) is 25.3 Å². The Morgan fingerprint density at radius 2 is 2.09 bits per heavy atom. The maximum absolute atomic E-state index is 13.2. The zero-order valence-corrected chi connectivity index (χ0v) is 19.3. The van der Waals surface area contributed by atoms with Gasteiger partial charge in [0.2, 0.25) is 0 Å². The Balaban J connectivity index is 1.43. The number of fused-ring (bicyclic) bond motifs is 1. The predicted octanol–water partition coefficient (Wildman–Crippen LogP) is 3.24. The first-order valence-corrected chi connectivity index (χ1v) is 11.4. The summed E-state index contributed by atoms with van der Waals surface area (Å²) in [5, 5.41) is 8.77. The van der Waals surface area contributed by atoms with Gasteiger partial charge in [-0.05, 0) is 42.7 Å². The standard InChI is InChI=1S/C24H23ClN6O3/c1-34-19-10-3-2-9-18(19)24(33)30-11-5-7-16(14-30)21-26-22-20(23(32)27-21)28-29-31(22)13-15-6-4-8-17(25)12-15/h2-4,6,8-10,12,16H,5,7,11,13-14H2,1H3,(H,26,27,32)/t16-/m1/s1. The van der Waals surface area contributed by atoms with E-state index in [9.17, 15) is 9.59 Å². The van der Waals surface area contributed by atoms with Gasteiger partial charge in [0.15, 0.2) is 11.2 Å². The van der Waals surface area contributed by atoms with Gasteiger partial charge in [0, 0.05) is 24.0 Å². The molecule has 1 saturated heterocycles. The second-order valence-electron chi connectivity index (χ2n) is 8.29. The molecule has 0 bridgehead atoms. The number of carbonyl (C=O) groups excluding carboxylic acids is 1. The van der Waals surface area contributed by atoms with Crippen molar-refractivity contribution in [3.8, 4) is 5.75 Å². The molecule has 2 aromatic carbocycles. The summed E-state index contributed by atoms with van der Waals surface area (Å²) in [5.41, 5.74) is 1.70. The van der Waals surface area contributed by atoms with Gasteiger partial charge in [-0.1, -0.05) is 41.1 Å². The number of aromatic nitrogens is 5. The van der Waals surface area contributed by atoms with Crippen LogP contribution in [0.5, 0.6) is 5.75 Å². The summed E-state index contributed by atoms with van der Waals surface area (Å²) in [6.45, 7) is 1.46. The molecule has 1 N–H and O–H groups in total. The van der Waals surface area contributed by atoms with Crippen molar-refractivity contribution < 1.29 is 9.53 Å². The van der Waals surface area contributed by atoms with E-state index < -0.39 is 0 Å². The van der Waals surface area contributed by atoms with Crippen LogP contribution in [-0.2, 0) is 6.54 Å². The number of amides is 1. The first-order chi connectivity index (χ1) is 16.5. The van der Waals surface area contributed by atoms with Gasteiger partial charge in [-0.3, -0.25) is 9.59 Å². The lowest BCUT2D eigenvalue weighted by molar-refractivity contribution is 0.0701. The number of para-hydroxylation sites is 1. The number of nitrogens with one attached hydrogen (secondary N) is 1. The number of carbonyl (C=O) groups is 1. The van der Waals surface area contributed by atoms with Crippen LogP contribution in [0.3, 0.4) is 0 Å². The number of likely N-dealkylation sites (tertiary alicyclic amines) is 1. The number of H-pyrrole nitrogens is 1. The van der Waals surface area contributed by atoms with Gasteiger partial charge in [0.25, 0.3) is 11.5 Å². The Morgan fingerprint density at radius 3 is 2.91 bits per heavy atom. The highest BCUT2D eigenvalue weighted by atomic mass is 35.5. The summed E-state index contributed by atoms with van der Waals surface area (Å²) in [5.74, 6) is 0.862. The van der Waals surface area contributed by atoms with E-state index in [4.69, 9.17) is 21.3 Å². The molecule has 1 fully saturated rings. The Morgan fingerprint density at radius 1 is 1.24 bits per heavy atom. The first-order valence-electron chi connectivity index (χ1n) is 11.0. The van der Waals surface area contributed by atoms with Crippen molar-refractivity contribution >= 4 is 28.7 Å². The van der Waals surface area contributed by atoms with Gasteiger partial charge < -0.3 is 14.6 Å². The third kappa shape index (κ3) is 4.26. The van der Waals surface area contributed by atoms with E-state index in [1.165, 1.54) is 0 Å². The monoisotopic (exact) mass is 478 g/mol. The van der Waals surface area contributed by atoms with Gasteiger partial charge in [-0.15, -0.1) is 5.10 Å². The van der Waals surface area contributed by atoms with Gasteiger partial charge in [-0.25, -0.2) is 9.67 Å². The molecule has 9 nitrogen and oxygen atoms in total. The fourth-order valence-corrected chi connectivity index (χ4v) is 4.58. The number of halogens is 1. The zero-order valence-electron chi connectivity index (χ0n) is 18.6. The zero-order chi connectivity index (χ0) is 23.7. The number of hydrogen-bond donors (Lipinski definition) is 1. The predicted molar refractivity (Wildman–Crippen MR) is 127 cm³/mol. The molecule has 4 aromatic rings. The molecule has 0 spiro atoms. The summed E-state index contributed by atoms with van der Waals surface area (Å²) in [7, 11) is 1.55. The quantitative estimate of drug-likeness (QED) is 0.472. The number of benzene rings is 2. The molecule has 2 aromatic heterocycles. The minimum absolute atomic E-state index is 0.0989. The van der Waals surface area contributed by atoms with E-state index in [2.05, 4.69) is 15.3 Å². The van der Waals surface area contributed by atoms with Crippen LogP contribution in [0.2, 0.25) is 5.02 Å². The van der Waals surface area contributed by atoms with Gasteiger partial charge >= 0.3 is 0 Å². The molecular weight excluding hydrogens is 456 g/mol. The summed E-state index contributed by atoms with van der Waals surface area (Å²) < 4.78 is 6.96. The van der Waals surface area contributed by atoms with Crippen molar-refractivity contribution in [2.24, 2.45) is 0 Å². The van der Waals surface area contributed by atoms with Gasteiger partial charge in [0.1, 0.15) is 11.6 Å². The Hall–Kier alpha value is -3.72. The van der Waals surface area contributed by atoms with Crippen LogP contribution in [0.15, 0.2) is 53.3 Å².